The molecule has 1 aliphatic heterocycles. The fourth-order valence-electron chi connectivity index (χ4n) is 3.52. The normalized spacial score (nSPS) is 30.6. The van der Waals surface area contributed by atoms with Gasteiger partial charge in [0.25, 0.3) is 0 Å². The molecule has 2 heterocycles. The lowest BCUT2D eigenvalue weighted by molar-refractivity contribution is -0.104. The van der Waals surface area contributed by atoms with Gasteiger partial charge in [-0.05, 0) is 50.9 Å². The van der Waals surface area contributed by atoms with Gasteiger partial charge in [-0.2, -0.15) is 0 Å². The van der Waals surface area contributed by atoms with E-state index in [-0.39, 0.29) is 17.7 Å². The Morgan fingerprint density at radius 3 is 2.40 bits per heavy atom. The van der Waals surface area contributed by atoms with Gasteiger partial charge in [0.15, 0.2) is 0 Å². The van der Waals surface area contributed by atoms with Crippen molar-refractivity contribution < 1.29 is 4.74 Å². The minimum absolute atomic E-state index is 0.0507. The fourth-order valence-corrected chi connectivity index (χ4v) is 3.52. The van der Waals surface area contributed by atoms with E-state index < -0.39 is 0 Å². The summed E-state index contributed by atoms with van der Waals surface area (Å²) >= 11 is 0. The van der Waals surface area contributed by atoms with Crippen LogP contribution in [0, 0.1) is 0 Å². The molecule has 1 aromatic rings. The second-order valence-corrected chi connectivity index (χ2v) is 5.96. The van der Waals surface area contributed by atoms with Crippen LogP contribution < -0.4 is 5.73 Å². The zero-order valence-electron chi connectivity index (χ0n) is 12.9. The van der Waals surface area contributed by atoms with E-state index in [0.717, 1.165) is 25.9 Å². The van der Waals surface area contributed by atoms with Crippen molar-refractivity contribution in [2.24, 2.45) is 5.73 Å². The highest BCUT2D eigenvalue weighted by Gasteiger charge is 2.41. The smallest absolute Gasteiger partial charge is 0.0568 e. The van der Waals surface area contributed by atoms with Gasteiger partial charge in [-0.15, -0.1) is 0 Å². The van der Waals surface area contributed by atoms with Crippen molar-refractivity contribution in [3.8, 4) is 0 Å². The first kappa shape index (κ1) is 15.4. The number of aromatic nitrogens is 1. The third-order valence-electron chi connectivity index (χ3n) is 4.35. The van der Waals surface area contributed by atoms with E-state index in [1.54, 1.807) is 0 Å². The molecule has 2 atom stereocenters. The van der Waals surface area contributed by atoms with Gasteiger partial charge in [-0.1, -0.05) is 6.92 Å². The van der Waals surface area contributed by atoms with E-state index in [9.17, 15) is 0 Å². The third-order valence-corrected chi connectivity index (χ3v) is 4.35. The Labute approximate surface area is 122 Å². The molecule has 112 valence electrons. The summed E-state index contributed by atoms with van der Waals surface area (Å²) in [6.07, 6.45) is 6.27. The quantitative estimate of drug-likeness (QED) is 0.896. The summed E-state index contributed by atoms with van der Waals surface area (Å²) in [5, 5.41) is 0. The van der Waals surface area contributed by atoms with Crippen LogP contribution in [0.15, 0.2) is 24.5 Å². The summed E-state index contributed by atoms with van der Waals surface area (Å²) < 4.78 is 5.90. The number of nitrogens with two attached hydrogens (primary N) is 1. The zero-order valence-corrected chi connectivity index (χ0v) is 12.9. The van der Waals surface area contributed by atoms with E-state index in [4.69, 9.17) is 10.5 Å². The number of hydrogen-bond donors (Lipinski definition) is 1. The van der Waals surface area contributed by atoms with E-state index in [0.29, 0.717) is 6.54 Å². The predicted molar refractivity (Wildman–Crippen MR) is 81.3 cm³/mol. The number of ether oxygens (including phenoxy) is 1. The maximum atomic E-state index is 6.18. The molecule has 4 heteroatoms. The Bertz CT molecular complexity index is 399. The first-order valence-electron chi connectivity index (χ1n) is 7.59. The number of rotatable bonds is 5. The van der Waals surface area contributed by atoms with Crippen molar-refractivity contribution in [3.05, 3.63) is 30.1 Å². The second-order valence-electron chi connectivity index (χ2n) is 5.96. The Morgan fingerprint density at radius 2 is 1.90 bits per heavy atom. The highest BCUT2D eigenvalue weighted by molar-refractivity contribution is 5.11. The zero-order chi connectivity index (χ0) is 14.6. The number of hydrogen-bond acceptors (Lipinski definition) is 4. The van der Waals surface area contributed by atoms with Gasteiger partial charge in [-0.25, -0.2) is 0 Å². The van der Waals surface area contributed by atoms with Crippen LogP contribution in [0.5, 0.6) is 0 Å². The van der Waals surface area contributed by atoms with Crippen molar-refractivity contribution >= 4 is 0 Å². The molecule has 1 fully saturated rings. The molecule has 4 nitrogen and oxygen atoms in total. The first-order chi connectivity index (χ1) is 9.59. The van der Waals surface area contributed by atoms with Gasteiger partial charge in [0.05, 0.1) is 12.2 Å². The summed E-state index contributed by atoms with van der Waals surface area (Å²) in [4.78, 5) is 6.60. The molecule has 0 aromatic carbocycles. The summed E-state index contributed by atoms with van der Waals surface area (Å²) in [6, 6.07) is 4.16. The molecule has 2 unspecified atom stereocenters. The predicted octanol–water partition coefficient (Wildman–Crippen LogP) is 2.19. The SMILES string of the molecule is CCN(Cc1ccncc1)C1(CN)CC(C)OC(C)C1. The molecule has 1 aromatic heterocycles. The molecule has 1 aliphatic rings. The van der Waals surface area contributed by atoms with Crippen LogP contribution >= 0.6 is 0 Å². The van der Waals surface area contributed by atoms with Crippen LogP contribution in [-0.2, 0) is 11.3 Å². The van der Waals surface area contributed by atoms with E-state index in [1.807, 2.05) is 12.4 Å². The van der Waals surface area contributed by atoms with Gasteiger partial charge in [0, 0.05) is 31.0 Å². The molecule has 2 rings (SSSR count). The Balaban J connectivity index is 2.18. The fraction of sp³-hybridized carbons (Fsp3) is 0.688. The van der Waals surface area contributed by atoms with Gasteiger partial charge in [0.1, 0.15) is 0 Å². The molecule has 0 radical (unpaired) electrons. The maximum Gasteiger partial charge on any atom is 0.0568 e. The van der Waals surface area contributed by atoms with Gasteiger partial charge >= 0.3 is 0 Å². The number of nitrogens with zero attached hydrogens (tertiary/aromatic N) is 2. The van der Waals surface area contributed by atoms with E-state index >= 15 is 0 Å². The second kappa shape index (κ2) is 6.66. The molecule has 0 bridgehead atoms. The topological polar surface area (TPSA) is 51.4 Å². The van der Waals surface area contributed by atoms with Crippen LogP contribution in [0.4, 0.5) is 0 Å². The molecule has 0 amide bonds. The van der Waals surface area contributed by atoms with Crippen molar-refractivity contribution in [2.75, 3.05) is 13.1 Å². The average molecular weight is 277 g/mol. The minimum Gasteiger partial charge on any atom is -0.375 e. The van der Waals surface area contributed by atoms with Crippen molar-refractivity contribution in [1.29, 1.82) is 0 Å². The lowest BCUT2D eigenvalue weighted by Crippen LogP contribution is -2.59. The number of likely N-dealkylation sites (N-methyl/N-ethyl adjacent to an activating group) is 1. The number of pyridine rings is 1. The largest absolute Gasteiger partial charge is 0.375 e. The van der Waals surface area contributed by atoms with Crippen molar-refractivity contribution in [1.82, 2.24) is 9.88 Å². The van der Waals surface area contributed by atoms with Gasteiger partial charge in [0.2, 0.25) is 0 Å². The Kier molecular flexibility index (Phi) is 5.13. The summed E-state index contributed by atoms with van der Waals surface area (Å²) in [6.45, 7) is 9.13. The molecular formula is C16H27N3O. The molecule has 20 heavy (non-hydrogen) atoms. The van der Waals surface area contributed by atoms with Crippen molar-refractivity contribution in [2.45, 2.75) is 57.9 Å². The van der Waals surface area contributed by atoms with Crippen LogP contribution in [0.2, 0.25) is 0 Å². The molecule has 2 N–H and O–H groups in total. The molecule has 1 saturated heterocycles. The maximum absolute atomic E-state index is 6.18. The van der Waals surface area contributed by atoms with E-state index in [1.165, 1.54) is 5.56 Å². The highest BCUT2D eigenvalue weighted by atomic mass is 16.5. The summed E-state index contributed by atoms with van der Waals surface area (Å²) in [5.41, 5.74) is 7.53. The van der Waals surface area contributed by atoms with Crippen LogP contribution in [0.3, 0.4) is 0 Å². The van der Waals surface area contributed by atoms with Crippen LogP contribution in [-0.4, -0.2) is 40.7 Å². The van der Waals surface area contributed by atoms with Crippen LogP contribution in [0.1, 0.15) is 39.2 Å². The van der Waals surface area contributed by atoms with Crippen LogP contribution in [0.25, 0.3) is 0 Å². The molecular weight excluding hydrogens is 250 g/mol. The highest BCUT2D eigenvalue weighted by Crippen LogP contribution is 2.34. The lowest BCUT2D eigenvalue weighted by atomic mass is 9.82. The summed E-state index contributed by atoms with van der Waals surface area (Å²) in [5.74, 6) is 0. The molecule has 0 aliphatic carbocycles. The third kappa shape index (κ3) is 3.37. The summed E-state index contributed by atoms with van der Waals surface area (Å²) in [7, 11) is 0. The first-order valence-corrected chi connectivity index (χ1v) is 7.59. The van der Waals surface area contributed by atoms with Gasteiger partial charge in [-0.3, -0.25) is 9.88 Å². The lowest BCUT2D eigenvalue weighted by Gasteiger charge is -2.49. The van der Waals surface area contributed by atoms with Gasteiger partial charge < -0.3 is 10.5 Å². The van der Waals surface area contributed by atoms with E-state index in [2.05, 4.69) is 42.8 Å². The average Bonchev–Trinajstić information content (AvgIpc) is 2.44. The molecule has 0 spiro atoms. The molecule has 0 saturated carbocycles. The standard InChI is InChI=1S/C16H27N3O/c1-4-19(11-15-5-7-18-8-6-15)16(12-17)9-13(2)20-14(3)10-16/h5-8,13-14H,4,9-12,17H2,1-3H3. The minimum atomic E-state index is 0.0507. The monoisotopic (exact) mass is 277 g/mol. The Hall–Kier alpha value is -0.970. The van der Waals surface area contributed by atoms with Crippen molar-refractivity contribution in [3.63, 3.8) is 0 Å². The Morgan fingerprint density at radius 1 is 1.30 bits per heavy atom.